The SMILES string of the molecule is COc1ccc(-c2nonc2NC(=O)[C@@H](C)Oc2ccccc2Cl)cc1C. The van der Waals surface area contributed by atoms with Gasteiger partial charge in [0.1, 0.15) is 11.5 Å². The second-order valence-corrected chi connectivity index (χ2v) is 6.23. The Morgan fingerprint density at radius 2 is 1.96 bits per heavy atom. The third-order valence-corrected chi connectivity index (χ3v) is 4.22. The van der Waals surface area contributed by atoms with E-state index in [2.05, 4.69) is 15.6 Å². The number of halogens is 1. The van der Waals surface area contributed by atoms with E-state index >= 15 is 0 Å². The molecule has 0 bridgehead atoms. The molecule has 1 amide bonds. The summed E-state index contributed by atoms with van der Waals surface area (Å²) in [5.74, 6) is 0.977. The molecule has 1 N–H and O–H groups in total. The first-order chi connectivity index (χ1) is 13.0. The van der Waals surface area contributed by atoms with Gasteiger partial charge in [0.15, 0.2) is 11.8 Å². The number of ether oxygens (including phenoxy) is 2. The Morgan fingerprint density at radius 3 is 2.67 bits per heavy atom. The van der Waals surface area contributed by atoms with Gasteiger partial charge in [-0.2, -0.15) is 0 Å². The number of anilines is 1. The number of carbonyl (C=O) groups is 1. The second kappa shape index (κ2) is 8.09. The average molecular weight is 388 g/mol. The number of hydrogen-bond acceptors (Lipinski definition) is 6. The van der Waals surface area contributed by atoms with Crippen LogP contribution in [-0.2, 0) is 4.79 Å². The van der Waals surface area contributed by atoms with Crippen molar-refractivity contribution in [1.29, 1.82) is 0 Å². The molecule has 140 valence electrons. The molecular formula is C19H18ClN3O4. The van der Waals surface area contributed by atoms with Crippen LogP contribution in [0.1, 0.15) is 12.5 Å². The molecule has 0 saturated carbocycles. The van der Waals surface area contributed by atoms with Gasteiger partial charge in [-0.25, -0.2) is 4.63 Å². The van der Waals surface area contributed by atoms with Crippen LogP contribution in [0.2, 0.25) is 5.02 Å². The molecule has 27 heavy (non-hydrogen) atoms. The second-order valence-electron chi connectivity index (χ2n) is 5.83. The summed E-state index contributed by atoms with van der Waals surface area (Å²) in [6.45, 7) is 3.52. The van der Waals surface area contributed by atoms with E-state index in [4.69, 9.17) is 25.7 Å². The molecule has 1 aromatic heterocycles. The molecule has 8 heteroatoms. The van der Waals surface area contributed by atoms with Crippen LogP contribution in [0.15, 0.2) is 47.1 Å². The molecule has 0 aliphatic carbocycles. The quantitative estimate of drug-likeness (QED) is 0.684. The van der Waals surface area contributed by atoms with Crippen molar-refractivity contribution in [3.8, 4) is 22.8 Å². The molecule has 0 aliphatic heterocycles. The molecule has 0 saturated heterocycles. The van der Waals surface area contributed by atoms with Gasteiger partial charge in [-0.15, -0.1) is 0 Å². The summed E-state index contributed by atoms with van der Waals surface area (Å²) in [5, 5.41) is 10.8. The summed E-state index contributed by atoms with van der Waals surface area (Å²) < 4.78 is 15.7. The van der Waals surface area contributed by atoms with Crippen LogP contribution in [-0.4, -0.2) is 29.4 Å². The van der Waals surface area contributed by atoms with Crippen molar-refractivity contribution in [3.63, 3.8) is 0 Å². The predicted molar refractivity (Wildman–Crippen MR) is 101 cm³/mol. The zero-order chi connectivity index (χ0) is 19.4. The topological polar surface area (TPSA) is 86.5 Å². The number of hydrogen-bond donors (Lipinski definition) is 1. The molecule has 0 fully saturated rings. The first kappa shape index (κ1) is 18.7. The smallest absolute Gasteiger partial charge is 0.266 e. The van der Waals surface area contributed by atoms with Gasteiger partial charge in [0.05, 0.1) is 12.1 Å². The van der Waals surface area contributed by atoms with Crippen LogP contribution in [0, 0.1) is 6.92 Å². The van der Waals surface area contributed by atoms with Gasteiger partial charge in [-0.3, -0.25) is 4.79 Å². The monoisotopic (exact) mass is 387 g/mol. The molecule has 1 heterocycles. The minimum atomic E-state index is -0.799. The number of rotatable bonds is 6. The van der Waals surface area contributed by atoms with E-state index in [-0.39, 0.29) is 5.82 Å². The molecule has 0 aliphatic rings. The van der Waals surface area contributed by atoms with Crippen molar-refractivity contribution in [1.82, 2.24) is 10.3 Å². The van der Waals surface area contributed by atoms with E-state index in [1.807, 2.05) is 25.1 Å². The van der Waals surface area contributed by atoms with Crippen molar-refractivity contribution in [3.05, 3.63) is 53.1 Å². The third kappa shape index (κ3) is 4.20. The van der Waals surface area contributed by atoms with E-state index < -0.39 is 12.0 Å². The van der Waals surface area contributed by atoms with Crippen LogP contribution in [0.25, 0.3) is 11.3 Å². The Bertz CT molecular complexity index is 958. The first-order valence-corrected chi connectivity index (χ1v) is 8.57. The number of amides is 1. The van der Waals surface area contributed by atoms with Crippen LogP contribution < -0.4 is 14.8 Å². The van der Waals surface area contributed by atoms with Gasteiger partial charge in [0, 0.05) is 5.56 Å². The summed E-state index contributed by atoms with van der Waals surface area (Å²) in [7, 11) is 1.60. The van der Waals surface area contributed by atoms with Gasteiger partial charge >= 0.3 is 0 Å². The average Bonchev–Trinajstić information content (AvgIpc) is 3.11. The minimum absolute atomic E-state index is 0.208. The zero-order valence-corrected chi connectivity index (χ0v) is 15.8. The lowest BCUT2D eigenvalue weighted by Gasteiger charge is -2.14. The van der Waals surface area contributed by atoms with Crippen LogP contribution >= 0.6 is 11.6 Å². The highest BCUT2D eigenvalue weighted by atomic mass is 35.5. The molecule has 3 aromatic rings. The third-order valence-electron chi connectivity index (χ3n) is 3.91. The summed E-state index contributed by atoms with van der Waals surface area (Å²) in [6.07, 6.45) is -0.799. The number of methoxy groups -OCH3 is 1. The fourth-order valence-electron chi connectivity index (χ4n) is 2.49. The Labute approximate surface area is 161 Å². The lowest BCUT2D eigenvalue weighted by Crippen LogP contribution is -2.30. The van der Waals surface area contributed by atoms with Gasteiger partial charge in [-0.05, 0) is 60.1 Å². The van der Waals surface area contributed by atoms with E-state index in [0.717, 1.165) is 16.9 Å². The summed E-state index contributed by atoms with van der Waals surface area (Å²) in [5.41, 5.74) is 2.08. The molecule has 0 unspecified atom stereocenters. The Balaban J connectivity index is 1.75. The number of nitrogens with one attached hydrogen (secondary N) is 1. The maximum Gasteiger partial charge on any atom is 0.266 e. The first-order valence-electron chi connectivity index (χ1n) is 8.19. The number of carbonyl (C=O) groups excluding carboxylic acids is 1. The fourth-order valence-corrected chi connectivity index (χ4v) is 2.67. The largest absolute Gasteiger partial charge is 0.496 e. The van der Waals surface area contributed by atoms with Crippen molar-refractivity contribution in [2.75, 3.05) is 12.4 Å². The lowest BCUT2D eigenvalue weighted by molar-refractivity contribution is -0.122. The summed E-state index contributed by atoms with van der Waals surface area (Å²) in [4.78, 5) is 12.5. The predicted octanol–water partition coefficient (Wildman–Crippen LogP) is 4.11. The molecule has 3 rings (SSSR count). The molecule has 7 nitrogen and oxygen atoms in total. The van der Waals surface area contributed by atoms with Gasteiger partial charge in [-0.1, -0.05) is 23.7 Å². The number of para-hydroxylation sites is 1. The summed E-state index contributed by atoms with van der Waals surface area (Å²) >= 11 is 6.06. The lowest BCUT2D eigenvalue weighted by atomic mass is 10.1. The number of aryl methyl sites for hydroxylation is 1. The highest BCUT2D eigenvalue weighted by molar-refractivity contribution is 6.32. The van der Waals surface area contributed by atoms with Gasteiger partial charge < -0.3 is 14.8 Å². The highest BCUT2D eigenvalue weighted by Crippen LogP contribution is 2.29. The van der Waals surface area contributed by atoms with Gasteiger partial charge in [0.2, 0.25) is 5.82 Å². The minimum Gasteiger partial charge on any atom is -0.496 e. The number of benzene rings is 2. The number of nitrogens with zero attached hydrogens (tertiary/aromatic N) is 2. The van der Waals surface area contributed by atoms with Crippen molar-refractivity contribution < 1.29 is 18.9 Å². The van der Waals surface area contributed by atoms with Crippen molar-refractivity contribution >= 4 is 23.3 Å². The summed E-state index contributed by atoms with van der Waals surface area (Å²) in [6, 6.07) is 12.4. The van der Waals surface area contributed by atoms with Crippen LogP contribution in [0.5, 0.6) is 11.5 Å². The molecular weight excluding hydrogens is 370 g/mol. The fraction of sp³-hybridized carbons (Fsp3) is 0.211. The van der Waals surface area contributed by atoms with Crippen LogP contribution in [0.4, 0.5) is 5.82 Å². The maximum atomic E-state index is 12.5. The van der Waals surface area contributed by atoms with Crippen molar-refractivity contribution in [2.24, 2.45) is 0 Å². The highest BCUT2D eigenvalue weighted by Gasteiger charge is 2.21. The van der Waals surface area contributed by atoms with E-state index in [1.165, 1.54) is 0 Å². The van der Waals surface area contributed by atoms with E-state index in [1.54, 1.807) is 38.3 Å². The number of aromatic nitrogens is 2. The van der Waals surface area contributed by atoms with Gasteiger partial charge in [0.25, 0.3) is 5.91 Å². The van der Waals surface area contributed by atoms with Crippen LogP contribution in [0.3, 0.4) is 0 Å². The molecule has 0 radical (unpaired) electrons. The Morgan fingerprint density at radius 1 is 1.19 bits per heavy atom. The molecule has 1 atom stereocenters. The Hall–Kier alpha value is -3.06. The van der Waals surface area contributed by atoms with E-state index in [9.17, 15) is 4.79 Å². The zero-order valence-electron chi connectivity index (χ0n) is 15.0. The van der Waals surface area contributed by atoms with Crippen molar-refractivity contribution in [2.45, 2.75) is 20.0 Å². The standard InChI is InChI=1S/C19H18ClN3O4/c1-11-10-13(8-9-15(11)25-3)17-18(23-27-22-17)21-19(24)12(2)26-16-7-5-4-6-14(16)20/h4-10,12H,1-3H3,(H,21,23,24)/t12-/m1/s1. The van der Waals surface area contributed by atoms with E-state index in [0.29, 0.717) is 16.5 Å². The maximum absolute atomic E-state index is 12.5. The molecule has 0 spiro atoms. The molecule has 2 aromatic carbocycles. The Kier molecular flexibility index (Phi) is 5.61. The normalized spacial score (nSPS) is 11.7.